The van der Waals surface area contributed by atoms with Crippen LogP contribution in [0.4, 0.5) is 4.39 Å². The van der Waals surface area contributed by atoms with E-state index in [1.807, 2.05) is 0 Å². The van der Waals surface area contributed by atoms with Gasteiger partial charge in [-0.2, -0.15) is 4.39 Å². The van der Waals surface area contributed by atoms with Gasteiger partial charge in [-0.3, -0.25) is 4.79 Å². The monoisotopic (exact) mass is 221 g/mol. The lowest BCUT2D eigenvalue weighted by molar-refractivity contribution is 0.373. The van der Waals surface area contributed by atoms with Gasteiger partial charge in [0.2, 0.25) is 17.1 Å². The van der Waals surface area contributed by atoms with Crippen molar-refractivity contribution in [2.45, 2.75) is 0 Å². The van der Waals surface area contributed by atoms with E-state index in [1.165, 1.54) is 13.2 Å². The number of pyridine rings is 1. The van der Waals surface area contributed by atoms with Gasteiger partial charge in [0.05, 0.1) is 11.7 Å². The maximum absolute atomic E-state index is 12.7. The van der Waals surface area contributed by atoms with Crippen LogP contribution in [-0.4, -0.2) is 12.1 Å². The molecule has 60 valence electrons. The van der Waals surface area contributed by atoms with Gasteiger partial charge in [-0.15, -0.1) is 0 Å². The molecule has 5 heteroatoms. The molecule has 0 amide bonds. The van der Waals surface area contributed by atoms with E-state index in [0.717, 1.165) is 0 Å². The first-order chi connectivity index (χ1) is 5.15. The fourth-order valence-electron chi connectivity index (χ4n) is 0.677. The standard InChI is InChI=1S/C6H5BrFNO2/c1-11-5-3(10)2-4(7)9-6(5)8/h2H,1H3,(H,9,10). The van der Waals surface area contributed by atoms with Crippen LogP contribution in [0.5, 0.6) is 5.75 Å². The Kier molecular flexibility index (Phi) is 2.28. The third-order valence-electron chi connectivity index (χ3n) is 1.11. The lowest BCUT2D eigenvalue weighted by atomic mass is 10.4. The molecular formula is C6H5BrFNO2. The molecule has 0 atom stereocenters. The molecule has 1 rings (SSSR count). The molecule has 0 aliphatic heterocycles. The summed E-state index contributed by atoms with van der Waals surface area (Å²) in [6.07, 6.45) is 0. The molecule has 0 fully saturated rings. The van der Waals surface area contributed by atoms with Crippen molar-refractivity contribution in [3.63, 3.8) is 0 Å². The van der Waals surface area contributed by atoms with Gasteiger partial charge in [0.15, 0.2) is 0 Å². The fourth-order valence-corrected chi connectivity index (χ4v) is 1.06. The molecule has 0 aliphatic rings. The molecule has 3 nitrogen and oxygen atoms in total. The number of ether oxygens (including phenoxy) is 1. The van der Waals surface area contributed by atoms with Gasteiger partial charge >= 0.3 is 0 Å². The Labute approximate surface area is 70.3 Å². The van der Waals surface area contributed by atoms with Crippen LogP contribution in [0, 0.1) is 5.95 Å². The van der Waals surface area contributed by atoms with E-state index in [4.69, 9.17) is 0 Å². The number of aromatic nitrogens is 1. The van der Waals surface area contributed by atoms with Crippen molar-refractivity contribution < 1.29 is 9.13 Å². The summed E-state index contributed by atoms with van der Waals surface area (Å²) in [7, 11) is 1.24. The smallest absolute Gasteiger partial charge is 0.238 e. The van der Waals surface area contributed by atoms with Crippen molar-refractivity contribution in [2.75, 3.05) is 7.11 Å². The first-order valence-corrected chi connectivity index (χ1v) is 3.56. The highest BCUT2D eigenvalue weighted by Crippen LogP contribution is 2.11. The highest BCUT2D eigenvalue weighted by molar-refractivity contribution is 9.10. The number of halogens is 2. The summed E-state index contributed by atoms with van der Waals surface area (Å²) in [4.78, 5) is 13.1. The van der Waals surface area contributed by atoms with Crippen LogP contribution in [0.25, 0.3) is 0 Å². The normalized spacial score (nSPS) is 9.73. The van der Waals surface area contributed by atoms with Gasteiger partial charge < -0.3 is 9.72 Å². The second kappa shape index (κ2) is 3.04. The minimum absolute atomic E-state index is 0.292. The van der Waals surface area contributed by atoms with E-state index in [-0.39, 0.29) is 5.75 Å². The summed E-state index contributed by atoms with van der Waals surface area (Å²) in [5.74, 6) is -1.07. The SMILES string of the molecule is COc1c(F)[nH]c(Br)cc1=O. The van der Waals surface area contributed by atoms with Crippen LogP contribution >= 0.6 is 15.9 Å². The summed E-state index contributed by atoms with van der Waals surface area (Å²) in [5, 5.41) is 0. The molecule has 0 aliphatic carbocycles. The van der Waals surface area contributed by atoms with Crippen molar-refractivity contribution in [1.82, 2.24) is 4.98 Å². The lowest BCUT2D eigenvalue weighted by Gasteiger charge is -1.99. The summed E-state index contributed by atoms with van der Waals surface area (Å²) in [5.41, 5.74) is -0.490. The van der Waals surface area contributed by atoms with E-state index < -0.39 is 11.4 Å². The molecule has 1 N–H and O–H groups in total. The zero-order valence-corrected chi connectivity index (χ0v) is 7.24. The second-order valence-corrected chi connectivity index (χ2v) is 2.68. The average Bonchev–Trinajstić information content (AvgIpc) is 1.85. The Morgan fingerprint density at radius 2 is 2.36 bits per heavy atom. The first-order valence-electron chi connectivity index (χ1n) is 2.77. The van der Waals surface area contributed by atoms with E-state index in [0.29, 0.717) is 4.60 Å². The Morgan fingerprint density at radius 3 is 2.82 bits per heavy atom. The number of H-pyrrole nitrogens is 1. The molecule has 0 spiro atoms. The average molecular weight is 222 g/mol. The van der Waals surface area contributed by atoms with Gasteiger partial charge in [0.25, 0.3) is 0 Å². The zero-order valence-electron chi connectivity index (χ0n) is 5.65. The van der Waals surface area contributed by atoms with Crippen molar-refractivity contribution in [1.29, 1.82) is 0 Å². The Bertz CT molecular complexity index is 323. The fraction of sp³-hybridized carbons (Fsp3) is 0.167. The van der Waals surface area contributed by atoms with E-state index >= 15 is 0 Å². The Morgan fingerprint density at radius 1 is 1.73 bits per heavy atom. The van der Waals surface area contributed by atoms with Crippen molar-refractivity contribution >= 4 is 15.9 Å². The number of aromatic amines is 1. The number of rotatable bonds is 1. The molecule has 0 unspecified atom stereocenters. The highest BCUT2D eigenvalue weighted by Gasteiger charge is 2.07. The van der Waals surface area contributed by atoms with Gasteiger partial charge in [0, 0.05) is 6.07 Å². The minimum atomic E-state index is -0.771. The number of hydrogen-bond acceptors (Lipinski definition) is 2. The molecular weight excluding hydrogens is 217 g/mol. The Hall–Kier alpha value is -0.840. The van der Waals surface area contributed by atoms with Gasteiger partial charge in [-0.1, -0.05) is 0 Å². The third kappa shape index (κ3) is 1.59. The second-order valence-electron chi connectivity index (χ2n) is 1.83. The number of hydrogen-bond donors (Lipinski definition) is 1. The van der Waals surface area contributed by atoms with Gasteiger partial charge in [-0.05, 0) is 15.9 Å². The van der Waals surface area contributed by atoms with Crippen LogP contribution in [0.15, 0.2) is 15.5 Å². The minimum Gasteiger partial charge on any atom is -0.489 e. The van der Waals surface area contributed by atoms with Crippen LogP contribution in [0.3, 0.4) is 0 Å². The molecule has 1 aromatic rings. The largest absolute Gasteiger partial charge is 0.489 e. The lowest BCUT2D eigenvalue weighted by Crippen LogP contribution is -2.08. The van der Waals surface area contributed by atoms with Crippen LogP contribution in [0.1, 0.15) is 0 Å². The predicted octanol–water partition coefficient (Wildman–Crippen LogP) is 1.29. The number of methoxy groups -OCH3 is 1. The molecule has 0 radical (unpaired) electrons. The van der Waals surface area contributed by atoms with Crippen LogP contribution in [-0.2, 0) is 0 Å². The summed E-state index contributed by atoms with van der Waals surface area (Å²) < 4.78 is 17.5. The molecule has 1 aromatic heterocycles. The van der Waals surface area contributed by atoms with E-state index in [1.54, 1.807) is 0 Å². The zero-order chi connectivity index (χ0) is 8.43. The quantitative estimate of drug-likeness (QED) is 0.727. The van der Waals surface area contributed by atoms with Gasteiger partial charge in [-0.25, -0.2) is 0 Å². The summed E-state index contributed by atoms with van der Waals surface area (Å²) in [6.45, 7) is 0. The van der Waals surface area contributed by atoms with Crippen molar-refractivity contribution in [3.05, 3.63) is 26.8 Å². The highest BCUT2D eigenvalue weighted by atomic mass is 79.9. The van der Waals surface area contributed by atoms with E-state index in [2.05, 4.69) is 25.7 Å². The van der Waals surface area contributed by atoms with Crippen molar-refractivity contribution in [3.8, 4) is 5.75 Å². The maximum Gasteiger partial charge on any atom is 0.238 e. The van der Waals surface area contributed by atoms with Crippen molar-refractivity contribution in [2.24, 2.45) is 0 Å². The molecule has 0 aromatic carbocycles. The molecule has 0 saturated carbocycles. The summed E-state index contributed by atoms with van der Waals surface area (Å²) in [6, 6.07) is 1.20. The maximum atomic E-state index is 12.7. The van der Waals surface area contributed by atoms with Gasteiger partial charge in [0.1, 0.15) is 0 Å². The molecule has 0 saturated heterocycles. The topological polar surface area (TPSA) is 42.1 Å². The van der Waals surface area contributed by atoms with Crippen LogP contribution in [0.2, 0.25) is 0 Å². The first kappa shape index (κ1) is 8.26. The molecule has 0 bridgehead atoms. The molecule has 1 heterocycles. The molecule has 11 heavy (non-hydrogen) atoms. The summed E-state index contributed by atoms with van der Waals surface area (Å²) >= 11 is 2.93. The Balaban J connectivity index is 3.37. The third-order valence-corrected chi connectivity index (χ3v) is 1.54. The number of nitrogens with one attached hydrogen (secondary N) is 1. The predicted molar refractivity (Wildman–Crippen MR) is 41.3 cm³/mol. The van der Waals surface area contributed by atoms with E-state index in [9.17, 15) is 9.18 Å². The van der Waals surface area contributed by atoms with Crippen LogP contribution < -0.4 is 10.2 Å².